The average Bonchev–Trinajstić information content (AvgIpc) is 2.44. The lowest BCUT2D eigenvalue weighted by Gasteiger charge is -2.09. The number of hydrogen-bond acceptors (Lipinski definition) is 4. The lowest BCUT2D eigenvalue weighted by Crippen LogP contribution is -2.32. The van der Waals surface area contributed by atoms with Crippen molar-refractivity contribution in [3.63, 3.8) is 0 Å². The zero-order chi connectivity index (χ0) is 14.3. The highest BCUT2D eigenvalue weighted by atomic mass is 16.5. The summed E-state index contributed by atoms with van der Waals surface area (Å²) in [6, 6.07) is 6.49. The Kier molecular flexibility index (Phi) is 5.53. The van der Waals surface area contributed by atoms with Crippen molar-refractivity contribution in [2.75, 3.05) is 19.0 Å². The number of nitrogens with one attached hydrogen (secondary N) is 2. The van der Waals surface area contributed by atoms with Crippen molar-refractivity contribution >= 4 is 23.5 Å². The van der Waals surface area contributed by atoms with E-state index >= 15 is 0 Å². The quantitative estimate of drug-likeness (QED) is 0.775. The largest absolute Gasteiger partial charge is 0.465 e. The summed E-state index contributed by atoms with van der Waals surface area (Å²) in [6.45, 7) is 1.56. The van der Waals surface area contributed by atoms with Crippen LogP contribution in [0.2, 0.25) is 0 Å². The average molecular weight is 264 g/mol. The van der Waals surface area contributed by atoms with E-state index in [4.69, 9.17) is 0 Å². The molecule has 0 aromatic heterocycles. The minimum atomic E-state index is -0.534. The Labute approximate surface area is 111 Å². The molecule has 1 aromatic carbocycles. The monoisotopic (exact) mass is 264 g/mol. The van der Waals surface area contributed by atoms with Gasteiger partial charge in [0, 0.05) is 6.42 Å². The molecule has 0 radical (unpaired) electrons. The summed E-state index contributed by atoms with van der Waals surface area (Å²) in [4.78, 5) is 34.1. The zero-order valence-corrected chi connectivity index (χ0v) is 10.9. The fraction of sp³-hybridized carbons (Fsp3) is 0.308. The van der Waals surface area contributed by atoms with Gasteiger partial charge in [-0.2, -0.15) is 0 Å². The summed E-state index contributed by atoms with van der Waals surface area (Å²) in [5.74, 6) is -1.15. The summed E-state index contributed by atoms with van der Waals surface area (Å²) in [7, 11) is 1.27. The van der Waals surface area contributed by atoms with E-state index in [1.807, 2.05) is 0 Å². The first-order valence-electron chi connectivity index (χ1n) is 5.82. The predicted molar refractivity (Wildman–Crippen MR) is 69.7 cm³/mol. The van der Waals surface area contributed by atoms with E-state index in [0.717, 1.165) is 0 Å². The fourth-order valence-corrected chi connectivity index (χ4v) is 1.38. The maximum atomic E-state index is 11.6. The summed E-state index contributed by atoms with van der Waals surface area (Å²) < 4.78 is 4.61. The lowest BCUT2D eigenvalue weighted by molar-refractivity contribution is -0.123. The first-order valence-corrected chi connectivity index (χ1v) is 5.82. The number of esters is 1. The highest BCUT2D eigenvalue weighted by Gasteiger charge is 2.13. The molecule has 2 N–H and O–H groups in total. The van der Waals surface area contributed by atoms with Crippen molar-refractivity contribution in [2.45, 2.75) is 13.3 Å². The van der Waals surface area contributed by atoms with Crippen LogP contribution in [0.25, 0.3) is 0 Å². The van der Waals surface area contributed by atoms with Crippen LogP contribution >= 0.6 is 0 Å². The first kappa shape index (κ1) is 14.7. The topological polar surface area (TPSA) is 84.5 Å². The summed E-state index contributed by atoms with van der Waals surface area (Å²) >= 11 is 0. The zero-order valence-electron chi connectivity index (χ0n) is 10.9. The van der Waals surface area contributed by atoms with E-state index in [2.05, 4.69) is 15.4 Å². The van der Waals surface area contributed by atoms with Gasteiger partial charge < -0.3 is 15.4 Å². The molecule has 0 aliphatic heterocycles. The molecule has 0 aliphatic carbocycles. The van der Waals surface area contributed by atoms with Crippen LogP contribution in [0.3, 0.4) is 0 Å². The Morgan fingerprint density at radius 2 is 1.84 bits per heavy atom. The minimum absolute atomic E-state index is 0.137. The Morgan fingerprint density at radius 3 is 2.47 bits per heavy atom. The number of rotatable bonds is 5. The molecule has 1 aromatic rings. The van der Waals surface area contributed by atoms with Crippen molar-refractivity contribution in [1.82, 2.24) is 5.32 Å². The second-order valence-corrected chi connectivity index (χ2v) is 3.72. The Morgan fingerprint density at radius 1 is 1.16 bits per heavy atom. The van der Waals surface area contributed by atoms with Crippen molar-refractivity contribution in [1.29, 1.82) is 0 Å². The maximum absolute atomic E-state index is 11.6. The van der Waals surface area contributed by atoms with Crippen molar-refractivity contribution in [3.05, 3.63) is 29.8 Å². The Bertz CT molecular complexity index is 485. The molecule has 0 saturated carbocycles. The van der Waals surface area contributed by atoms with Crippen LogP contribution in [0, 0.1) is 0 Å². The number of anilines is 1. The van der Waals surface area contributed by atoms with E-state index in [1.54, 1.807) is 31.2 Å². The third-order valence-corrected chi connectivity index (χ3v) is 2.37. The van der Waals surface area contributed by atoms with Crippen LogP contribution in [0.15, 0.2) is 24.3 Å². The van der Waals surface area contributed by atoms with Crippen LogP contribution in [0.1, 0.15) is 23.7 Å². The molecule has 0 saturated heterocycles. The van der Waals surface area contributed by atoms with Gasteiger partial charge in [-0.15, -0.1) is 0 Å². The van der Waals surface area contributed by atoms with E-state index in [0.29, 0.717) is 12.1 Å². The number of carbonyl (C=O) groups excluding carboxylic acids is 3. The number of benzene rings is 1. The molecule has 0 aliphatic rings. The van der Waals surface area contributed by atoms with Gasteiger partial charge in [0.05, 0.1) is 24.9 Å². The van der Waals surface area contributed by atoms with Crippen LogP contribution in [0.5, 0.6) is 0 Å². The normalized spacial score (nSPS) is 9.58. The number of methoxy groups -OCH3 is 1. The van der Waals surface area contributed by atoms with Crippen molar-refractivity contribution < 1.29 is 19.1 Å². The number of carbonyl (C=O) groups is 3. The van der Waals surface area contributed by atoms with Gasteiger partial charge in [-0.1, -0.05) is 19.1 Å². The molecule has 19 heavy (non-hydrogen) atoms. The third-order valence-electron chi connectivity index (χ3n) is 2.37. The molecule has 6 nitrogen and oxygen atoms in total. The molecule has 102 valence electrons. The highest BCUT2D eigenvalue weighted by molar-refractivity contribution is 6.02. The standard InChI is InChI=1S/C13H16N2O4/c1-3-11(16)14-8-12(17)15-10-7-5-4-6-9(10)13(18)19-2/h4-7H,3,8H2,1-2H3,(H,14,16)(H,15,17). The minimum Gasteiger partial charge on any atom is -0.465 e. The molecular weight excluding hydrogens is 248 g/mol. The number of amides is 2. The second-order valence-electron chi connectivity index (χ2n) is 3.72. The maximum Gasteiger partial charge on any atom is 0.339 e. The second kappa shape index (κ2) is 7.15. The van der Waals surface area contributed by atoms with Gasteiger partial charge in [0.25, 0.3) is 0 Å². The van der Waals surface area contributed by atoms with Gasteiger partial charge in [0.15, 0.2) is 0 Å². The summed E-state index contributed by atoms with van der Waals surface area (Å²) in [6.07, 6.45) is 0.312. The number of para-hydroxylation sites is 1. The van der Waals surface area contributed by atoms with E-state index in [-0.39, 0.29) is 18.0 Å². The molecule has 2 amide bonds. The molecule has 6 heteroatoms. The Hall–Kier alpha value is -2.37. The summed E-state index contributed by atoms with van der Waals surface area (Å²) in [5.41, 5.74) is 0.616. The Balaban J connectivity index is 2.69. The van der Waals surface area contributed by atoms with Crippen LogP contribution in [0.4, 0.5) is 5.69 Å². The van der Waals surface area contributed by atoms with Gasteiger partial charge in [-0.3, -0.25) is 9.59 Å². The van der Waals surface area contributed by atoms with Gasteiger partial charge in [0.2, 0.25) is 11.8 Å². The van der Waals surface area contributed by atoms with Crippen LogP contribution in [-0.4, -0.2) is 31.4 Å². The number of ether oxygens (including phenoxy) is 1. The highest BCUT2D eigenvalue weighted by Crippen LogP contribution is 2.15. The lowest BCUT2D eigenvalue weighted by atomic mass is 10.2. The van der Waals surface area contributed by atoms with Gasteiger partial charge in [-0.25, -0.2) is 4.79 Å². The molecule has 0 bridgehead atoms. The van der Waals surface area contributed by atoms with Crippen molar-refractivity contribution in [3.8, 4) is 0 Å². The molecular formula is C13H16N2O4. The smallest absolute Gasteiger partial charge is 0.339 e. The molecule has 0 spiro atoms. The molecule has 1 rings (SSSR count). The number of hydrogen-bond donors (Lipinski definition) is 2. The van der Waals surface area contributed by atoms with E-state index < -0.39 is 11.9 Å². The van der Waals surface area contributed by atoms with Gasteiger partial charge in [0.1, 0.15) is 0 Å². The predicted octanol–water partition coefficient (Wildman–Crippen LogP) is 0.938. The van der Waals surface area contributed by atoms with Crippen molar-refractivity contribution in [2.24, 2.45) is 0 Å². The van der Waals surface area contributed by atoms with Gasteiger partial charge in [-0.05, 0) is 12.1 Å². The first-order chi connectivity index (χ1) is 9.08. The van der Waals surface area contributed by atoms with Crippen LogP contribution < -0.4 is 10.6 Å². The van der Waals surface area contributed by atoms with Crippen LogP contribution in [-0.2, 0) is 14.3 Å². The molecule has 0 heterocycles. The summed E-state index contributed by atoms with van der Waals surface area (Å²) in [5, 5.41) is 5.00. The van der Waals surface area contributed by atoms with E-state index in [9.17, 15) is 14.4 Å². The molecule has 0 atom stereocenters. The van der Waals surface area contributed by atoms with E-state index in [1.165, 1.54) is 7.11 Å². The fourth-order valence-electron chi connectivity index (χ4n) is 1.38. The molecule has 0 unspecified atom stereocenters. The van der Waals surface area contributed by atoms with Gasteiger partial charge >= 0.3 is 5.97 Å². The third kappa shape index (κ3) is 4.42. The molecule has 0 fully saturated rings. The SMILES string of the molecule is CCC(=O)NCC(=O)Nc1ccccc1C(=O)OC.